The van der Waals surface area contributed by atoms with E-state index in [0.29, 0.717) is 0 Å². The highest BCUT2D eigenvalue weighted by atomic mass is 32.2. The minimum absolute atomic E-state index is 1.20. The van der Waals surface area contributed by atoms with Crippen molar-refractivity contribution in [3.63, 3.8) is 0 Å². The van der Waals surface area contributed by atoms with Gasteiger partial charge in [-0.05, 0) is 30.9 Å². The van der Waals surface area contributed by atoms with Crippen LogP contribution in [0.4, 0.5) is 0 Å². The van der Waals surface area contributed by atoms with Crippen molar-refractivity contribution < 1.29 is 0 Å². The zero-order valence-corrected chi connectivity index (χ0v) is 9.81. The first kappa shape index (κ1) is 11.4. The molecule has 1 heteroatoms. The van der Waals surface area contributed by atoms with E-state index in [0.717, 1.165) is 0 Å². The molecule has 0 fully saturated rings. The molecule has 1 aromatic rings. The van der Waals surface area contributed by atoms with Gasteiger partial charge in [0.15, 0.2) is 0 Å². The van der Waals surface area contributed by atoms with Gasteiger partial charge >= 0.3 is 0 Å². The van der Waals surface area contributed by atoms with Gasteiger partial charge in [-0.25, -0.2) is 0 Å². The highest BCUT2D eigenvalue weighted by Gasteiger charge is 1.88. The smallest absolute Gasteiger partial charge is 0.0116 e. The molecule has 0 aliphatic carbocycles. The Morgan fingerprint density at radius 3 is 2.57 bits per heavy atom. The normalized spacial score (nSPS) is 11.0. The van der Waals surface area contributed by atoms with Crippen molar-refractivity contribution in [1.82, 2.24) is 0 Å². The molecular formula is C13H18S. The van der Waals surface area contributed by atoms with Crippen molar-refractivity contribution in [1.29, 1.82) is 0 Å². The summed E-state index contributed by atoms with van der Waals surface area (Å²) in [4.78, 5) is 1.32. The quantitative estimate of drug-likeness (QED) is 0.493. The number of hydrogen-bond acceptors (Lipinski definition) is 1. The molecule has 76 valence electrons. The summed E-state index contributed by atoms with van der Waals surface area (Å²) >= 11 is 1.80. The second kappa shape index (κ2) is 6.72. The zero-order chi connectivity index (χ0) is 10.2. The van der Waals surface area contributed by atoms with Crippen molar-refractivity contribution in [2.45, 2.75) is 38.0 Å². The van der Waals surface area contributed by atoms with E-state index in [9.17, 15) is 0 Å². The molecule has 0 radical (unpaired) electrons. The molecule has 0 aliphatic heterocycles. The van der Waals surface area contributed by atoms with Crippen molar-refractivity contribution in [3.8, 4) is 0 Å². The van der Waals surface area contributed by atoms with Crippen LogP contribution in [0.1, 0.15) is 31.7 Å². The van der Waals surface area contributed by atoms with Gasteiger partial charge in [-0.15, -0.1) is 0 Å². The number of aryl methyl sites for hydroxylation is 1. The van der Waals surface area contributed by atoms with Gasteiger partial charge in [0.25, 0.3) is 0 Å². The fourth-order valence-corrected chi connectivity index (χ4v) is 1.82. The molecule has 0 aliphatic rings. The maximum atomic E-state index is 2.26. The van der Waals surface area contributed by atoms with Crippen LogP contribution >= 0.6 is 11.8 Å². The first-order valence-electron chi connectivity index (χ1n) is 5.21. The van der Waals surface area contributed by atoms with Gasteiger partial charge in [-0.1, -0.05) is 55.3 Å². The number of benzene rings is 1. The molecule has 0 atom stereocenters. The van der Waals surface area contributed by atoms with Crippen LogP contribution in [0.5, 0.6) is 0 Å². The van der Waals surface area contributed by atoms with Crippen LogP contribution in [0.25, 0.3) is 0 Å². The molecule has 0 aromatic heterocycles. The molecule has 0 amide bonds. The van der Waals surface area contributed by atoms with E-state index in [1.807, 2.05) is 0 Å². The van der Waals surface area contributed by atoms with Gasteiger partial charge in [-0.2, -0.15) is 0 Å². The van der Waals surface area contributed by atoms with Crippen molar-refractivity contribution in [3.05, 3.63) is 41.3 Å². The van der Waals surface area contributed by atoms with E-state index in [1.54, 1.807) is 11.8 Å². The van der Waals surface area contributed by atoms with Gasteiger partial charge in [0.05, 0.1) is 0 Å². The van der Waals surface area contributed by atoms with E-state index < -0.39 is 0 Å². The fourth-order valence-electron chi connectivity index (χ4n) is 1.13. The SMILES string of the molecule is CCCC/C=C/Sc1ccc(C)cc1. The van der Waals surface area contributed by atoms with E-state index in [1.165, 1.54) is 29.7 Å². The van der Waals surface area contributed by atoms with Crippen LogP contribution in [0, 0.1) is 6.92 Å². The van der Waals surface area contributed by atoms with Gasteiger partial charge in [0.2, 0.25) is 0 Å². The molecule has 0 saturated heterocycles. The van der Waals surface area contributed by atoms with Crippen LogP contribution in [0.3, 0.4) is 0 Å². The van der Waals surface area contributed by atoms with Crippen molar-refractivity contribution in [2.75, 3.05) is 0 Å². The lowest BCUT2D eigenvalue weighted by Crippen LogP contribution is -1.71. The van der Waals surface area contributed by atoms with Crippen LogP contribution < -0.4 is 0 Å². The topological polar surface area (TPSA) is 0 Å². The molecule has 0 N–H and O–H groups in total. The number of hydrogen-bond donors (Lipinski definition) is 0. The summed E-state index contributed by atoms with van der Waals surface area (Å²) in [7, 11) is 0. The van der Waals surface area contributed by atoms with Crippen molar-refractivity contribution in [2.24, 2.45) is 0 Å². The van der Waals surface area contributed by atoms with E-state index in [2.05, 4.69) is 49.6 Å². The van der Waals surface area contributed by atoms with Crippen LogP contribution in [-0.4, -0.2) is 0 Å². The summed E-state index contributed by atoms with van der Waals surface area (Å²) in [6.45, 7) is 4.34. The Bertz CT molecular complexity index is 272. The summed E-state index contributed by atoms with van der Waals surface area (Å²) in [5.74, 6) is 0. The predicted octanol–water partition coefficient (Wildman–Crippen LogP) is 4.79. The van der Waals surface area contributed by atoms with Crippen LogP contribution in [0.15, 0.2) is 40.6 Å². The Labute approximate surface area is 91.4 Å². The minimum Gasteiger partial charge on any atom is -0.0984 e. The second-order valence-corrected chi connectivity index (χ2v) is 4.42. The van der Waals surface area contributed by atoms with Gasteiger partial charge in [-0.3, -0.25) is 0 Å². The Morgan fingerprint density at radius 2 is 1.93 bits per heavy atom. The molecule has 0 bridgehead atoms. The molecule has 1 rings (SSSR count). The van der Waals surface area contributed by atoms with E-state index in [-0.39, 0.29) is 0 Å². The number of thioether (sulfide) groups is 1. The summed E-state index contributed by atoms with van der Waals surface area (Å²) in [6.07, 6.45) is 6.04. The Balaban J connectivity index is 2.30. The second-order valence-electron chi connectivity index (χ2n) is 3.44. The largest absolute Gasteiger partial charge is 0.0984 e. The fraction of sp³-hybridized carbons (Fsp3) is 0.385. The van der Waals surface area contributed by atoms with Gasteiger partial charge in [0, 0.05) is 4.90 Å². The Morgan fingerprint density at radius 1 is 1.21 bits per heavy atom. The molecular weight excluding hydrogens is 188 g/mol. The maximum absolute atomic E-state index is 2.26. The monoisotopic (exact) mass is 206 g/mol. The third-order valence-corrected chi connectivity index (χ3v) is 2.92. The third kappa shape index (κ3) is 4.52. The lowest BCUT2D eigenvalue weighted by Gasteiger charge is -1.96. The third-order valence-electron chi connectivity index (χ3n) is 2.05. The number of allylic oxidation sites excluding steroid dienone is 1. The van der Waals surface area contributed by atoms with Crippen LogP contribution in [-0.2, 0) is 0 Å². The lowest BCUT2D eigenvalue weighted by molar-refractivity contribution is 0.815. The summed E-state index contributed by atoms with van der Waals surface area (Å²) in [6, 6.07) is 8.65. The van der Waals surface area contributed by atoms with E-state index >= 15 is 0 Å². The average Bonchev–Trinajstić information content (AvgIpc) is 2.21. The number of rotatable bonds is 5. The summed E-state index contributed by atoms with van der Waals surface area (Å²) < 4.78 is 0. The molecule has 0 saturated carbocycles. The average molecular weight is 206 g/mol. The molecule has 1 aromatic carbocycles. The zero-order valence-electron chi connectivity index (χ0n) is 8.99. The molecule has 0 nitrogen and oxygen atoms in total. The summed E-state index contributed by atoms with van der Waals surface area (Å²) in [5, 5.41) is 2.19. The minimum atomic E-state index is 1.20. The van der Waals surface area contributed by atoms with Gasteiger partial charge < -0.3 is 0 Å². The standard InChI is InChI=1S/C13H18S/c1-3-4-5-6-11-14-13-9-7-12(2)8-10-13/h6-11H,3-5H2,1-2H3/b11-6+. The predicted molar refractivity (Wildman–Crippen MR) is 65.7 cm³/mol. The first-order chi connectivity index (χ1) is 6.83. The van der Waals surface area contributed by atoms with Crippen molar-refractivity contribution >= 4 is 11.8 Å². The highest BCUT2D eigenvalue weighted by molar-refractivity contribution is 8.02. The molecule has 0 heterocycles. The van der Waals surface area contributed by atoms with E-state index in [4.69, 9.17) is 0 Å². The molecule has 0 unspecified atom stereocenters. The summed E-state index contributed by atoms with van der Waals surface area (Å²) in [5.41, 5.74) is 1.32. The molecule has 0 spiro atoms. The first-order valence-corrected chi connectivity index (χ1v) is 6.09. The number of unbranched alkanes of at least 4 members (excludes halogenated alkanes) is 2. The molecule has 14 heavy (non-hydrogen) atoms. The Hall–Kier alpha value is -0.690. The highest BCUT2D eigenvalue weighted by Crippen LogP contribution is 2.19. The lowest BCUT2D eigenvalue weighted by atomic mass is 10.2. The van der Waals surface area contributed by atoms with Crippen LogP contribution in [0.2, 0.25) is 0 Å². The van der Waals surface area contributed by atoms with Gasteiger partial charge in [0.1, 0.15) is 0 Å². The maximum Gasteiger partial charge on any atom is 0.0116 e. The Kier molecular flexibility index (Phi) is 5.46.